The van der Waals surface area contributed by atoms with Crippen LogP contribution in [0, 0.1) is 0 Å². The third kappa shape index (κ3) is 2.70. The van der Waals surface area contributed by atoms with Crippen molar-refractivity contribution in [3.63, 3.8) is 0 Å². The molecule has 0 spiro atoms. The maximum absolute atomic E-state index is 2.49. The molecule has 0 amide bonds. The molecule has 132 valence electrons. The van der Waals surface area contributed by atoms with Gasteiger partial charge in [-0.05, 0) is 29.7 Å². The lowest BCUT2D eigenvalue weighted by molar-refractivity contribution is 0.316. The van der Waals surface area contributed by atoms with Crippen LogP contribution >= 0.6 is 0 Å². The van der Waals surface area contributed by atoms with Crippen LogP contribution in [0.1, 0.15) is 5.56 Å². The largest absolute Gasteiger partial charge is 0.293 e. The van der Waals surface area contributed by atoms with E-state index in [1.54, 1.807) is 0 Å². The molecular formula is C25H23N2+. The van der Waals surface area contributed by atoms with E-state index in [9.17, 15) is 0 Å². The van der Waals surface area contributed by atoms with Crippen molar-refractivity contribution in [2.45, 2.75) is 6.54 Å². The Morgan fingerprint density at radius 2 is 1.33 bits per heavy atom. The van der Waals surface area contributed by atoms with Crippen molar-refractivity contribution < 1.29 is 0 Å². The summed E-state index contributed by atoms with van der Waals surface area (Å²) in [5.74, 6) is 0. The average Bonchev–Trinajstić information content (AvgIpc) is 2.73. The van der Waals surface area contributed by atoms with Crippen LogP contribution in [0.15, 0.2) is 97.1 Å². The molecule has 4 aromatic rings. The molecule has 1 aliphatic rings. The molecule has 0 bridgehead atoms. The highest BCUT2D eigenvalue weighted by molar-refractivity contribution is 5.96. The topological polar surface area (TPSA) is 3.24 Å². The molecule has 0 N–H and O–H groups in total. The molecule has 1 aliphatic heterocycles. The van der Waals surface area contributed by atoms with E-state index in [0.717, 1.165) is 17.7 Å². The second-order valence-electron chi connectivity index (χ2n) is 7.59. The zero-order chi connectivity index (χ0) is 18.3. The Morgan fingerprint density at radius 1 is 0.667 bits per heavy atom. The van der Waals surface area contributed by atoms with Gasteiger partial charge < -0.3 is 0 Å². The molecule has 0 saturated carbocycles. The highest BCUT2D eigenvalue weighted by Crippen LogP contribution is 2.40. The molecule has 1 unspecified atom stereocenters. The number of benzene rings is 4. The van der Waals surface area contributed by atoms with E-state index in [4.69, 9.17) is 0 Å². The summed E-state index contributed by atoms with van der Waals surface area (Å²) in [6, 6.07) is 35.0. The number of fused-ring (bicyclic) bond motifs is 2. The van der Waals surface area contributed by atoms with Crippen molar-refractivity contribution in [3.8, 4) is 0 Å². The predicted molar refractivity (Wildman–Crippen MR) is 115 cm³/mol. The average molecular weight is 351 g/mol. The van der Waals surface area contributed by atoms with Gasteiger partial charge in [0.15, 0.2) is 6.67 Å². The molecule has 4 aromatic carbocycles. The summed E-state index contributed by atoms with van der Waals surface area (Å²) in [5, 5.41) is 2.59. The standard InChI is InChI=1S/C25H23N2/c1-27(22-13-3-2-4-14-22)18-21-11-6-8-16-24(21)26(19-27)25-17-9-12-20-10-5-7-15-23(20)25/h2-17H,18-19H2,1H3/q+1. The van der Waals surface area contributed by atoms with Gasteiger partial charge in [0.1, 0.15) is 12.2 Å². The number of anilines is 2. The summed E-state index contributed by atoms with van der Waals surface area (Å²) >= 11 is 0. The van der Waals surface area contributed by atoms with Gasteiger partial charge in [0.2, 0.25) is 0 Å². The maximum Gasteiger partial charge on any atom is 0.163 e. The summed E-state index contributed by atoms with van der Waals surface area (Å²) in [4.78, 5) is 2.49. The van der Waals surface area contributed by atoms with Gasteiger partial charge in [0.25, 0.3) is 0 Å². The number of nitrogens with zero attached hydrogens (tertiary/aromatic N) is 2. The van der Waals surface area contributed by atoms with Crippen LogP contribution in [0.4, 0.5) is 17.1 Å². The molecule has 2 nitrogen and oxygen atoms in total. The Morgan fingerprint density at radius 3 is 2.22 bits per heavy atom. The highest BCUT2D eigenvalue weighted by Gasteiger charge is 2.35. The van der Waals surface area contributed by atoms with E-state index >= 15 is 0 Å². The first-order valence-electron chi connectivity index (χ1n) is 9.48. The third-order valence-corrected chi connectivity index (χ3v) is 5.69. The Kier molecular flexibility index (Phi) is 3.73. The molecule has 1 atom stereocenters. The van der Waals surface area contributed by atoms with Gasteiger partial charge in [-0.1, -0.05) is 72.8 Å². The second kappa shape index (κ2) is 6.26. The number of para-hydroxylation sites is 2. The van der Waals surface area contributed by atoms with E-state index < -0.39 is 0 Å². The van der Waals surface area contributed by atoms with Crippen LogP contribution in [0.3, 0.4) is 0 Å². The molecular weight excluding hydrogens is 328 g/mol. The number of hydrogen-bond donors (Lipinski definition) is 0. The zero-order valence-corrected chi connectivity index (χ0v) is 15.5. The van der Waals surface area contributed by atoms with Crippen molar-refractivity contribution >= 4 is 27.8 Å². The Bertz CT molecular complexity index is 1100. The van der Waals surface area contributed by atoms with E-state index in [2.05, 4.69) is 109 Å². The van der Waals surface area contributed by atoms with Gasteiger partial charge in [-0.2, -0.15) is 0 Å². The first-order chi connectivity index (χ1) is 13.2. The monoisotopic (exact) mass is 351 g/mol. The summed E-state index contributed by atoms with van der Waals surface area (Å²) in [7, 11) is 2.34. The first kappa shape index (κ1) is 16.1. The summed E-state index contributed by atoms with van der Waals surface area (Å²) in [6.45, 7) is 1.91. The van der Waals surface area contributed by atoms with Crippen LogP contribution in [0.2, 0.25) is 0 Å². The smallest absolute Gasteiger partial charge is 0.163 e. The maximum atomic E-state index is 2.49. The van der Waals surface area contributed by atoms with Crippen LogP contribution in [-0.2, 0) is 6.54 Å². The van der Waals surface area contributed by atoms with Crippen molar-refractivity contribution in [3.05, 3.63) is 103 Å². The van der Waals surface area contributed by atoms with Crippen LogP contribution in [0.25, 0.3) is 10.8 Å². The molecule has 0 radical (unpaired) electrons. The van der Waals surface area contributed by atoms with Crippen molar-refractivity contribution in [2.24, 2.45) is 0 Å². The third-order valence-electron chi connectivity index (χ3n) is 5.69. The van der Waals surface area contributed by atoms with Crippen molar-refractivity contribution in [2.75, 3.05) is 18.6 Å². The van der Waals surface area contributed by atoms with Crippen LogP contribution in [0.5, 0.6) is 0 Å². The number of rotatable bonds is 2. The summed E-state index contributed by atoms with van der Waals surface area (Å²) < 4.78 is 0.862. The molecule has 5 rings (SSSR count). The SMILES string of the molecule is C[N+]1(c2ccccc2)Cc2ccccc2N(c2cccc3ccccc23)C1. The van der Waals surface area contributed by atoms with Crippen LogP contribution < -0.4 is 9.38 Å². The quantitative estimate of drug-likeness (QED) is 0.395. The molecule has 0 aromatic heterocycles. The second-order valence-corrected chi connectivity index (χ2v) is 7.59. The van der Waals surface area contributed by atoms with E-state index in [-0.39, 0.29) is 0 Å². The van der Waals surface area contributed by atoms with Gasteiger partial charge in [-0.25, -0.2) is 0 Å². The fourth-order valence-corrected chi connectivity index (χ4v) is 4.33. The summed E-state index contributed by atoms with van der Waals surface area (Å²) in [6.07, 6.45) is 0. The Balaban J connectivity index is 1.71. The lowest BCUT2D eigenvalue weighted by atomic mass is 10.0. The minimum atomic E-state index is 0.862. The first-order valence-corrected chi connectivity index (χ1v) is 9.48. The van der Waals surface area contributed by atoms with Crippen molar-refractivity contribution in [1.29, 1.82) is 0 Å². The number of hydrogen-bond acceptors (Lipinski definition) is 1. The van der Waals surface area contributed by atoms with E-state index in [1.165, 1.54) is 33.4 Å². The van der Waals surface area contributed by atoms with Gasteiger partial charge in [-0.15, -0.1) is 0 Å². The fraction of sp³-hybridized carbons (Fsp3) is 0.120. The molecule has 2 heteroatoms. The molecule has 0 saturated heterocycles. The van der Waals surface area contributed by atoms with Gasteiger partial charge >= 0.3 is 0 Å². The van der Waals surface area contributed by atoms with E-state index in [0.29, 0.717) is 0 Å². The minimum absolute atomic E-state index is 0.862. The van der Waals surface area contributed by atoms with Crippen molar-refractivity contribution in [1.82, 2.24) is 4.48 Å². The lowest BCUT2D eigenvalue weighted by Crippen LogP contribution is -2.54. The van der Waals surface area contributed by atoms with Gasteiger partial charge in [0.05, 0.1) is 18.4 Å². The number of quaternary nitrogens is 1. The fourth-order valence-electron chi connectivity index (χ4n) is 4.33. The van der Waals surface area contributed by atoms with Gasteiger partial charge in [0, 0.05) is 10.9 Å². The highest BCUT2D eigenvalue weighted by atomic mass is 15.5. The van der Waals surface area contributed by atoms with Crippen LogP contribution in [-0.4, -0.2) is 13.7 Å². The molecule has 27 heavy (non-hydrogen) atoms. The Hall–Kier alpha value is -3.10. The minimum Gasteiger partial charge on any atom is -0.293 e. The molecule has 1 heterocycles. The molecule has 0 aliphatic carbocycles. The lowest BCUT2D eigenvalue weighted by Gasteiger charge is -2.44. The zero-order valence-electron chi connectivity index (χ0n) is 15.5. The Labute approximate surface area is 160 Å². The summed E-state index contributed by atoms with van der Waals surface area (Å²) in [5.41, 5.74) is 5.33. The van der Waals surface area contributed by atoms with Gasteiger partial charge in [-0.3, -0.25) is 9.38 Å². The molecule has 0 fully saturated rings. The normalized spacial score (nSPS) is 19.1. The van der Waals surface area contributed by atoms with E-state index in [1.807, 2.05) is 0 Å². The predicted octanol–water partition coefficient (Wildman–Crippen LogP) is 6.09.